The van der Waals surface area contributed by atoms with E-state index >= 15 is 0 Å². The van der Waals surface area contributed by atoms with Crippen LogP contribution in [0.2, 0.25) is 0 Å². The molecule has 76 valence electrons. The van der Waals surface area contributed by atoms with Gasteiger partial charge >= 0.3 is 0 Å². The van der Waals surface area contributed by atoms with E-state index in [0.29, 0.717) is 5.92 Å². The van der Waals surface area contributed by atoms with Crippen molar-refractivity contribution in [1.29, 1.82) is 0 Å². The normalized spacial score (nSPS) is 22.2. The molecule has 0 aliphatic carbocycles. The van der Waals surface area contributed by atoms with Crippen molar-refractivity contribution in [3.05, 3.63) is 11.8 Å². The van der Waals surface area contributed by atoms with E-state index in [4.69, 9.17) is 0 Å². The van der Waals surface area contributed by atoms with Crippen LogP contribution in [-0.2, 0) is 0 Å². The summed E-state index contributed by atoms with van der Waals surface area (Å²) < 4.78 is 0. The third-order valence-corrected chi connectivity index (χ3v) is 2.05. The molecule has 0 aromatic rings. The number of allylic oxidation sites excluding steroid dienone is 2. The molecule has 0 saturated heterocycles. The van der Waals surface area contributed by atoms with Crippen molar-refractivity contribution in [1.82, 2.24) is 0 Å². The quantitative estimate of drug-likeness (QED) is 0.643. The molecule has 0 aromatic carbocycles. The van der Waals surface area contributed by atoms with Gasteiger partial charge in [-0.25, -0.2) is 9.98 Å². The van der Waals surface area contributed by atoms with E-state index in [9.17, 15) is 0 Å². The molecule has 0 spiro atoms. The highest BCUT2D eigenvalue weighted by molar-refractivity contribution is 6.50. The average molecular weight is 191 g/mol. The number of rotatable bonds is 2. The second-order valence-electron chi connectivity index (χ2n) is 3.48. The number of aliphatic imine (C=N–C) groups is 3. The zero-order valence-corrected chi connectivity index (χ0v) is 9.28. The lowest BCUT2D eigenvalue weighted by molar-refractivity contribution is 0.894. The van der Waals surface area contributed by atoms with Crippen molar-refractivity contribution < 1.29 is 0 Å². The Morgan fingerprint density at radius 3 is 2.71 bits per heavy atom. The van der Waals surface area contributed by atoms with Crippen molar-refractivity contribution in [2.75, 3.05) is 7.05 Å². The van der Waals surface area contributed by atoms with Gasteiger partial charge in [0.15, 0.2) is 0 Å². The van der Waals surface area contributed by atoms with Crippen molar-refractivity contribution in [2.45, 2.75) is 27.2 Å². The van der Waals surface area contributed by atoms with E-state index < -0.39 is 0 Å². The highest BCUT2D eigenvalue weighted by Gasteiger charge is 2.18. The van der Waals surface area contributed by atoms with E-state index in [0.717, 1.165) is 23.5 Å². The third kappa shape index (κ3) is 2.16. The van der Waals surface area contributed by atoms with E-state index in [1.54, 1.807) is 13.4 Å². The number of nitrogens with zero attached hydrogens (tertiary/aromatic N) is 3. The average Bonchev–Trinajstić information content (AvgIpc) is 2.18. The monoisotopic (exact) mass is 191 g/mol. The minimum Gasteiger partial charge on any atom is -0.284 e. The topological polar surface area (TPSA) is 37.1 Å². The summed E-state index contributed by atoms with van der Waals surface area (Å²) in [6.45, 7) is 6.33. The molecule has 1 aliphatic rings. The Morgan fingerprint density at radius 1 is 1.50 bits per heavy atom. The first kappa shape index (κ1) is 10.8. The summed E-state index contributed by atoms with van der Waals surface area (Å²) in [4.78, 5) is 12.7. The smallest absolute Gasteiger partial charge is 0.116 e. The van der Waals surface area contributed by atoms with Crippen molar-refractivity contribution in [3.8, 4) is 0 Å². The van der Waals surface area contributed by atoms with Gasteiger partial charge in [-0.05, 0) is 12.3 Å². The molecule has 0 N–H and O–H groups in total. The lowest BCUT2D eigenvalue weighted by Crippen LogP contribution is -2.24. The van der Waals surface area contributed by atoms with Crippen molar-refractivity contribution >= 4 is 17.8 Å². The van der Waals surface area contributed by atoms with Gasteiger partial charge in [-0.2, -0.15) is 0 Å². The molecule has 3 nitrogen and oxygen atoms in total. The summed E-state index contributed by atoms with van der Waals surface area (Å²) in [6, 6.07) is 0. The zero-order chi connectivity index (χ0) is 10.6. The van der Waals surface area contributed by atoms with Crippen LogP contribution in [0.5, 0.6) is 0 Å². The number of hydrogen-bond donors (Lipinski definition) is 0. The van der Waals surface area contributed by atoms with Crippen LogP contribution in [0.4, 0.5) is 0 Å². The van der Waals surface area contributed by atoms with Gasteiger partial charge in [-0.15, -0.1) is 0 Å². The molecule has 0 fully saturated rings. The largest absolute Gasteiger partial charge is 0.284 e. The molecule has 0 bridgehead atoms. The van der Waals surface area contributed by atoms with Gasteiger partial charge in [0.2, 0.25) is 0 Å². The molecule has 1 rings (SSSR count). The van der Waals surface area contributed by atoms with Crippen LogP contribution in [0.1, 0.15) is 27.2 Å². The maximum Gasteiger partial charge on any atom is 0.116 e. The predicted octanol–water partition coefficient (Wildman–Crippen LogP) is 2.49. The molecule has 14 heavy (non-hydrogen) atoms. The van der Waals surface area contributed by atoms with Crippen molar-refractivity contribution in [3.63, 3.8) is 0 Å². The standard InChI is InChI=1S/C11H17N3/c1-5-6-9-11(12-4)10(8(2)3)14-7-13-9/h6-8H,5H2,1-4H3/b9-6+,12-11?. The molecular weight excluding hydrogens is 174 g/mol. The Bertz CT molecular complexity index is 319. The molecule has 0 saturated carbocycles. The van der Waals surface area contributed by atoms with Crippen LogP contribution in [0.3, 0.4) is 0 Å². The minimum absolute atomic E-state index is 0.390. The third-order valence-electron chi connectivity index (χ3n) is 2.05. The van der Waals surface area contributed by atoms with E-state index in [1.807, 2.05) is 0 Å². The Hall–Kier alpha value is -1.25. The van der Waals surface area contributed by atoms with Gasteiger partial charge in [0.25, 0.3) is 0 Å². The molecule has 0 amide bonds. The van der Waals surface area contributed by atoms with E-state index in [-0.39, 0.29) is 0 Å². The second kappa shape index (κ2) is 4.84. The van der Waals surface area contributed by atoms with Gasteiger partial charge in [0.1, 0.15) is 12.1 Å². The summed E-state index contributed by atoms with van der Waals surface area (Å²) >= 11 is 0. The first-order valence-electron chi connectivity index (χ1n) is 4.98. The predicted molar refractivity (Wildman–Crippen MR) is 62.5 cm³/mol. The minimum atomic E-state index is 0.390. The van der Waals surface area contributed by atoms with Crippen LogP contribution >= 0.6 is 0 Å². The lowest BCUT2D eigenvalue weighted by atomic mass is 10.00. The summed E-state index contributed by atoms with van der Waals surface area (Å²) in [7, 11) is 1.79. The summed E-state index contributed by atoms with van der Waals surface area (Å²) in [5.74, 6) is 0.390. The number of hydrogen-bond acceptors (Lipinski definition) is 3. The summed E-state index contributed by atoms with van der Waals surface area (Å²) in [5.41, 5.74) is 2.92. The fourth-order valence-electron chi connectivity index (χ4n) is 1.40. The van der Waals surface area contributed by atoms with Crippen LogP contribution in [0, 0.1) is 5.92 Å². The fourth-order valence-corrected chi connectivity index (χ4v) is 1.40. The molecule has 3 heteroatoms. The zero-order valence-electron chi connectivity index (χ0n) is 9.28. The summed E-state index contributed by atoms with van der Waals surface area (Å²) in [5, 5.41) is 0. The molecular formula is C11H17N3. The maximum absolute atomic E-state index is 4.27. The lowest BCUT2D eigenvalue weighted by Gasteiger charge is -2.15. The fraction of sp³-hybridized carbons (Fsp3) is 0.545. The molecule has 1 heterocycles. The van der Waals surface area contributed by atoms with Gasteiger partial charge in [-0.3, -0.25) is 4.99 Å². The highest BCUT2D eigenvalue weighted by Crippen LogP contribution is 2.13. The maximum atomic E-state index is 4.27. The van der Waals surface area contributed by atoms with E-state index in [1.165, 1.54) is 0 Å². The SMILES string of the molecule is CC/C=C1/N=CN=C(C(C)C)C1=NC. The Labute approximate surface area is 85.4 Å². The summed E-state index contributed by atoms with van der Waals surface area (Å²) in [6.07, 6.45) is 4.67. The first-order valence-corrected chi connectivity index (χ1v) is 4.98. The van der Waals surface area contributed by atoms with Crippen LogP contribution in [0.15, 0.2) is 26.8 Å². The van der Waals surface area contributed by atoms with Crippen LogP contribution < -0.4 is 0 Å². The Balaban J connectivity index is 3.07. The first-order chi connectivity index (χ1) is 6.70. The molecule has 1 aliphatic heterocycles. The molecule has 0 radical (unpaired) electrons. The molecule has 0 atom stereocenters. The molecule has 0 unspecified atom stereocenters. The van der Waals surface area contributed by atoms with Gasteiger partial charge in [-0.1, -0.05) is 26.8 Å². The second-order valence-corrected chi connectivity index (χ2v) is 3.48. The van der Waals surface area contributed by atoms with E-state index in [2.05, 4.69) is 41.8 Å². The van der Waals surface area contributed by atoms with Gasteiger partial charge < -0.3 is 0 Å². The van der Waals surface area contributed by atoms with Crippen molar-refractivity contribution in [2.24, 2.45) is 20.9 Å². The van der Waals surface area contributed by atoms with Gasteiger partial charge in [0.05, 0.1) is 11.4 Å². The Morgan fingerprint density at radius 2 is 2.21 bits per heavy atom. The van der Waals surface area contributed by atoms with Crippen LogP contribution in [0.25, 0.3) is 0 Å². The molecule has 0 aromatic heterocycles. The highest BCUT2D eigenvalue weighted by atomic mass is 15.0. The Kier molecular flexibility index (Phi) is 3.74. The van der Waals surface area contributed by atoms with Gasteiger partial charge in [0, 0.05) is 7.05 Å². The van der Waals surface area contributed by atoms with Crippen LogP contribution in [-0.4, -0.2) is 24.8 Å².